The van der Waals surface area contributed by atoms with Crippen molar-refractivity contribution >= 4 is 22.4 Å². The number of carbonyl (C=O) groups excluding carboxylic acids is 1. The zero-order chi connectivity index (χ0) is 15.5. The lowest BCUT2D eigenvalue weighted by atomic mass is 10.0. The minimum atomic E-state index is -0.389. The van der Waals surface area contributed by atoms with Crippen LogP contribution in [0.2, 0.25) is 0 Å². The van der Waals surface area contributed by atoms with Crippen LogP contribution in [0.15, 0.2) is 60.7 Å². The van der Waals surface area contributed by atoms with Crippen molar-refractivity contribution in [1.82, 2.24) is 0 Å². The summed E-state index contributed by atoms with van der Waals surface area (Å²) in [5, 5.41) is 13.5. The molecular formula is C18H11FN2O. The summed E-state index contributed by atoms with van der Waals surface area (Å²) in [5.41, 5.74) is 1.54. The lowest BCUT2D eigenvalue weighted by Crippen LogP contribution is -2.12. The molecular weight excluding hydrogens is 279 g/mol. The molecule has 0 spiro atoms. The summed E-state index contributed by atoms with van der Waals surface area (Å²) in [6.45, 7) is 0. The highest BCUT2D eigenvalue weighted by Crippen LogP contribution is 2.26. The predicted octanol–water partition coefficient (Wildman–Crippen LogP) is 4.10. The number of carbonyl (C=O) groups is 1. The molecule has 3 nitrogen and oxygen atoms in total. The highest BCUT2D eigenvalue weighted by Gasteiger charge is 2.10. The monoisotopic (exact) mass is 290 g/mol. The Morgan fingerprint density at radius 2 is 1.64 bits per heavy atom. The van der Waals surface area contributed by atoms with E-state index in [-0.39, 0.29) is 11.7 Å². The van der Waals surface area contributed by atoms with E-state index in [4.69, 9.17) is 5.26 Å². The summed E-state index contributed by atoms with van der Waals surface area (Å²) in [7, 11) is 0. The topological polar surface area (TPSA) is 52.9 Å². The molecule has 4 heteroatoms. The van der Waals surface area contributed by atoms with Crippen molar-refractivity contribution in [2.24, 2.45) is 0 Å². The minimum Gasteiger partial charge on any atom is -0.321 e. The molecule has 0 atom stereocenters. The second-order valence-corrected chi connectivity index (χ2v) is 4.78. The van der Waals surface area contributed by atoms with Crippen molar-refractivity contribution in [2.45, 2.75) is 0 Å². The van der Waals surface area contributed by atoms with Crippen LogP contribution in [0.5, 0.6) is 0 Å². The van der Waals surface area contributed by atoms with Crippen LogP contribution in [0.25, 0.3) is 10.8 Å². The zero-order valence-corrected chi connectivity index (χ0v) is 11.5. The SMILES string of the molecule is N#Cc1ccc(NC(=O)c2ccc(F)cc2)c2ccccc12. The van der Waals surface area contributed by atoms with Crippen molar-refractivity contribution < 1.29 is 9.18 Å². The third kappa shape index (κ3) is 2.52. The third-order valence-electron chi connectivity index (χ3n) is 3.40. The Labute approximate surface area is 126 Å². The molecule has 0 saturated heterocycles. The highest BCUT2D eigenvalue weighted by molar-refractivity contribution is 6.09. The van der Waals surface area contributed by atoms with E-state index in [0.29, 0.717) is 16.8 Å². The van der Waals surface area contributed by atoms with Gasteiger partial charge in [0.15, 0.2) is 0 Å². The first-order valence-corrected chi connectivity index (χ1v) is 6.68. The smallest absolute Gasteiger partial charge is 0.255 e. The Balaban J connectivity index is 1.99. The van der Waals surface area contributed by atoms with Gasteiger partial charge in [-0.2, -0.15) is 5.26 Å². The molecule has 0 fully saturated rings. The largest absolute Gasteiger partial charge is 0.321 e. The van der Waals surface area contributed by atoms with Gasteiger partial charge in [0, 0.05) is 22.0 Å². The van der Waals surface area contributed by atoms with E-state index >= 15 is 0 Å². The molecule has 0 heterocycles. The molecule has 0 aromatic heterocycles. The molecule has 0 aliphatic heterocycles. The van der Waals surface area contributed by atoms with Gasteiger partial charge in [-0.25, -0.2) is 4.39 Å². The van der Waals surface area contributed by atoms with Crippen molar-refractivity contribution in [2.75, 3.05) is 5.32 Å². The van der Waals surface area contributed by atoms with Gasteiger partial charge in [0.25, 0.3) is 5.91 Å². The third-order valence-corrected chi connectivity index (χ3v) is 3.40. The van der Waals surface area contributed by atoms with Crippen molar-refractivity contribution in [1.29, 1.82) is 5.26 Å². The number of nitrogens with one attached hydrogen (secondary N) is 1. The highest BCUT2D eigenvalue weighted by atomic mass is 19.1. The summed E-state index contributed by atoms with van der Waals surface area (Å²) in [6.07, 6.45) is 0. The molecule has 0 unspecified atom stereocenters. The molecule has 1 amide bonds. The van der Waals surface area contributed by atoms with Gasteiger partial charge in [0.05, 0.1) is 11.6 Å². The van der Waals surface area contributed by atoms with Crippen LogP contribution in [-0.2, 0) is 0 Å². The quantitative estimate of drug-likeness (QED) is 0.772. The first-order valence-electron chi connectivity index (χ1n) is 6.68. The van der Waals surface area contributed by atoms with Gasteiger partial charge in [0.1, 0.15) is 5.82 Å². The number of anilines is 1. The molecule has 22 heavy (non-hydrogen) atoms. The molecule has 3 rings (SSSR count). The number of nitriles is 1. The van der Waals surface area contributed by atoms with Crippen molar-refractivity contribution in [3.63, 3.8) is 0 Å². The summed E-state index contributed by atoms with van der Waals surface area (Å²) < 4.78 is 12.9. The maximum atomic E-state index is 12.9. The van der Waals surface area contributed by atoms with Gasteiger partial charge >= 0.3 is 0 Å². The summed E-state index contributed by atoms with van der Waals surface area (Å²) in [4.78, 5) is 12.2. The van der Waals surface area contributed by atoms with Gasteiger partial charge < -0.3 is 5.32 Å². The predicted molar refractivity (Wildman–Crippen MR) is 83.0 cm³/mol. The van der Waals surface area contributed by atoms with Crippen molar-refractivity contribution in [3.8, 4) is 6.07 Å². The molecule has 0 bridgehead atoms. The van der Waals surface area contributed by atoms with Crippen LogP contribution in [-0.4, -0.2) is 5.91 Å². The van der Waals surface area contributed by atoms with Gasteiger partial charge in [-0.1, -0.05) is 24.3 Å². The Kier molecular flexibility index (Phi) is 3.55. The number of fused-ring (bicyclic) bond motifs is 1. The van der Waals surface area contributed by atoms with Gasteiger partial charge in [-0.3, -0.25) is 4.79 Å². The summed E-state index contributed by atoms with van der Waals surface area (Å²) in [6, 6.07) is 18.2. The van der Waals surface area contributed by atoms with Crippen LogP contribution < -0.4 is 5.32 Å². The van der Waals surface area contributed by atoms with Gasteiger partial charge in [0.2, 0.25) is 0 Å². The molecule has 0 aliphatic rings. The van der Waals surface area contributed by atoms with Crippen LogP contribution in [0, 0.1) is 17.1 Å². The first kappa shape index (κ1) is 13.8. The number of benzene rings is 3. The van der Waals surface area contributed by atoms with E-state index < -0.39 is 0 Å². The van der Waals surface area contributed by atoms with Crippen LogP contribution in [0.4, 0.5) is 10.1 Å². The molecule has 0 aliphatic carbocycles. The molecule has 3 aromatic carbocycles. The molecule has 0 radical (unpaired) electrons. The second-order valence-electron chi connectivity index (χ2n) is 4.78. The van der Waals surface area contributed by atoms with Crippen LogP contribution in [0.1, 0.15) is 15.9 Å². The fourth-order valence-electron chi connectivity index (χ4n) is 2.30. The number of hydrogen-bond donors (Lipinski definition) is 1. The first-order chi connectivity index (χ1) is 10.7. The van der Waals surface area contributed by atoms with E-state index in [2.05, 4.69) is 11.4 Å². The van der Waals surface area contributed by atoms with Gasteiger partial charge in [-0.05, 0) is 36.4 Å². The average Bonchev–Trinajstić information content (AvgIpc) is 2.55. The summed E-state index contributed by atoms with van der Waals surface area (Å²) >= 11 is 0. The lowest BCUT2D eigenvalue weighted by molar-refractivity contribution is 0.102. The lowest BCUT2D eigenvalue weighted by Gasteiger charge is -2.10. The maximum absolute atomic E-state index is 12.9. The van der Waals surface area contributed by atoms with E-state index in [1.165, 1.54) is 24.3 Å². The number of amides is 1. The zero-order valence-electron chi connectivity index (χ0n) is 11.5. The van der Waals surface area contributed by atoms with Crippen molar-refractivity contribution in [3.05, 3.63) is 77.6 Å². The van der Waals surface area contributed by atoms with E-state index in [9.17, 15) is 9.18 Å². The molecule has 106 valence electrons. The Hall–Kier alpha value is -3.19. The Morgan fingerprint density at radius 1 is 0.955 bits per heavy atom. The summed E-state index contributed by atoms with van der Waals surface area (Å²) in [5.74, 6) is -0.713. The van der Waals surface area contributed by atoms with Gasteiger partial charge in [-0.15, -0.1) is 0 Å². The maximum Gasteiger partial charge on any atom is 0.255 e. The number of halogens is 1. The fourth-order valence-corrected chi connectivity index (χ4v) is 2.30. The number of rotatable bonds is 2. The van der Waals surface area contributed by atoms with E-state index in [1.807, 2.05) is 24.3 Å². The Bertz CT molecular complexity index is 895. The number of nitrogens with zero attached hydrogens (tertiary/aromatic N) is 1. The normalized spacial score (nSPS) is 10.2. The van der Waals surface area contributed by atoms with E-state index in [1.54, 1.807) is 12.1 Å². The molecule has 0 saturated carbocycles. The Morgan fingerprint density at radius 3 is 2.32 bits per heavy atom. The van der Waals surface area contributed by atoms with Crippen LogP contribution in [0.3, 0.4) is 0 Å². The van der Waals surface area contributed by atoms with E-state index in [0.717, 1.165) is 10.8 Å². The average molecular weight is 290 g/mol. The molecule has 1 N–H and O–H groups in total. The fraction of sp³-hybridized carbons (Fsp3) is 0. The standard InChI is InChI=1S/C18H11FN2O/c19-14-8-5-12(6-9-14)18(22)21-17-10-7-13(11-20)15-3-1-2-4-16(15)17/h1-10H,(H,21,22). The second kappa shape index (κ2) is 5.66. The molecule has 3 aromatic rings. The minimum absolute atomic E-state index is 0.324. The van der Waals surface area contributed by atoms with Crippen LogP contribution >= 0.6 is 0 Å². The number of hydrogen-bond acceptors (Lipinski definition) is 2.